The summed E-state index contributed by atoms with van der Waals surface area (Å²) in [6, 6.07) is 8.11. The van der Waals surface area contributed by atoms with E-state index in [0.717, 1.165) is 44.3 Å². The minimum Gasteiger partial charge on any atom is -0.492 e. The fourth-order valence-corrected chi connectivity index (χ4v) is 2.40. The van der Waals surface area contributed by atoms with Gasteiger partial charge in [0.15, 0.2) is 5.96 Å². The van der Waals surface area contributed by atoms with Gasteiger partial charge in [0.25, 0.3) is 0 Å². The van der Waals surface area contributed by atoms with Gasteiger partial charge in [-0.1, -0.05) is 31.5 Å². The average Bonchev–Trinajstić information content (AvgIpc) is 2.61. The van der Waals surface area contributed by atoms with Crippen molar-refractivity contribution < 1.29 is 4.74 Å². The van der Waals surface area contributed by atoms with Gasteiger partial charge in [0.1, 0.15) is 12.4 Å². The van der Waals surface area contributed by atoms with Gasteiger partial charge in [-0.15, -0.1) is 0 Å². The number of aliphatic imine (C=N–C) groups is 1. The Bertz CT molecular complexity index is 455. The van der Waals surface area contributed by atoms with Crippen LogP contribution in [0.1, 0.15) is 32.3 Å². The molecule has 0 fully saturated rings. The Morgan fingerprint density at radius 3 is 2.33 bits per heavy atom. The van der Waals surface area contributed by atoms with Gasteiger partial charge in [0.2, 0.25) is 0 Å². The number of unbranched alkanes of at least 4 members (excludes halogenated alkanes) is 1. The molecule has 5 nitrogen and oxygen atoms in total. The van der Waals surface area contributed by atoms with Gasteiger partial charge in [0.05, 0.1) is 6.54 Å². The number of hydrogen-bond donors (Lipinski definition) is 2. The third-order valence-corrected chi connectivity index (χ3v) is 4.00. The zero-order chi connectivity index (χ0) is 17.6. The fraction of sp³-hybridized carbons (Fsp3) is 0.632. The quantitative estimate of drug-likeness (QED) is 0.371. The van der Waals surface area contributed by atoms with E-state index in [-0.39, 0.29) is 0 Å². The Hall–Kier alpha value is -1.75. The molecular weight excluding hydrogens is 300 g/mol. The summed E-state index contributed by atoms with van der Waals surface area (Å²) < 4.78 is 5.70. The van der Waals surface area contributed by atoms with Crippen molar-refractivity contribution in [1.29, 1.82) is 0 Å². The number of hydrogen-bond acceptors (Lipinski definition) is 3. The van der Waals surface area contributed by atoms with Crippen molar-refractivity contribution in [3.05, 3.63) is 29.8 Å². The molecule has 0 bridgehead atoms. The molecule has 2 N–H and O–H groups in total. The molecular formula is C19H34N4O. The molecule has 1 aromatic rings. The van der Waals surface area contributed by atoms with Crippen LogP contribution in [0, 0.1) is 6.92 Å². The van der Waals surface area contributed by atoms with Gasteiger partial charge in [-0.25, -0.2) is 0 Å². The van der Waals surface area contributed by atoms with Crippen molar-refractivity contribution in [2.24, 2.45) is 4.99 Å². The van der Waals surface area contributed by atoms with E-state index in [2.05, 4.69) is 53.4 Å². The molecule has 1 rings (SSSR count). The first-order valence-corrected chi connectivity index (χ1v) is 9.05. The summed E-state index contributed by atoms with van der Waals surface area (Å²) in [5.74, 6) is 1.74. The van der Waals surface area contributed by atoms with Crippen molar-refractivity contribution in [2.45, 2.75) is 33.6 Å². The number of guanidine groups is 1. The van der Waals surface area contributed by atoms with Crippen LogP contribution in [0.25, 0.3) is 0 Å². The second-order valence-corrected chi connectivity index (χ2v) is 5.82. The van der Waals surface area contributed by atoms with Crippen molar-refractivity contribution >= 4 is 5.96 Å². The molecule has 136 valence electrons. The number of aryl methyl sites for hydroxylation is 1. The van der Waals surface area contributed by atoms with Crippen LogP contribution in [0.4, 0.5) is 0 Å². The Morgan fingerprint density at radius 2 is 1.71 bits per heavy atom. The zero-order valence-corrected chi connectivity index (χ0v) is 15.8. The predicted molar refractivity (Wildman–Crippen MR) is 103 cm³/mol. The van der Waals surface area contributed by atoms with E-state index in [1.165, 1.54) is 18.5 Å². The third-order valence-electron chi connectivity index (χ3n) is 4.00. The number of benzene rings is 1. The Labute approximate surface area is 147 Å². The molecule has 5 heteroatoms. The SMILES string of the molecule is CCN(CC)CCCCNC(=NC)NCCOc1ccc(C)cc1. The van der Waals surface area contributed by atoms with E-state index in [1.54, 1.807) is 7.05 Å². The Balaban J connectivity index is 2.09. The molecule has 24 heavy (non-hydrogen) atoms. The van der Waals surface area contributed by atoms with Gasteiger partial charge in [-0.05, 0) is 51.5 Å². The normalized spacial score (nSPS) is 11.6. The summed E-state index contributed by atoms with van der Waals surface area (Å²) in [5, 5.41) is 6.63. The number of nitrogens with one attached hydrogen (secondary N) is 2. The molecule has 0 aliphatic rings. The number of rotatable bonds is 11. The molecule has 0 amide bonds. The molecule has 0 atom stereocenters. The molecule has 0 aliphatic heterocycles. The number of nitrogens with zero attached hydrogens (tertiary/aromatic N) is 2. The molecule has 1 aromatic carbocycles. The molecule has 0 spiro atoms. The first kappa shape index (κ1) is 20.3. The summed E-state index contributed by atoms with van der Waals surface area (Å²) in [6.07, 6.45) is 2.36. The van der Waals surface area contributed by atoms with E-state index in [1.807, 2.05) is 12.1 Å². The molecule has 0 aliphatic carbocycles. The summed E-state index contributed by atoms with van der Waals surface area (Å²) in [4.78, 5) is 6.69. The fourth-order valence-electron chi connectivity index (χ4n) is 2.40. The molecule has 0 aromatic heterocycles. The van der Waals surface area contributed by atoms with Gasteiger partial charge in [-0.3, -0.25) is 4.99 Å². The second-order valence-electron chi connectivity index (χ2n) is 5.82. The maximum Gasteiger partial charge on any atom is 0.191 e. The largest absolute Gasteiger partial charge is 0.492 e. The highest BCUT2D eigenvalue weighted by Crippen LogP contribution is 2.10. The van der Waals surface area contributed by atoms with Crippen LogP contribution < -0.4 is 15.4 Å². The Morgan fingerprint density at radius 1 is 1.04 bits per heavy atom. The van der Waals surface area contributed by atoms with E-state index >= 15 is 0 Å². The monoisotopic (exact) mass is 334 g/mol. The van der Waals surface area contributed by atoms with E-state index in [4.69, 9.17) is 4.74 Å². The van der Waals surface area contributed by atoms with Gasteiger partial charge < -0.3 is 20.3 Å². The summed E-state index contributed by atoms with van der Waals surface area (Å²) in [6.45, 7) is 12.2. The smallest absolute Gasteiger partial charge is 0.191 e. The van der Waals surface area contributed by atoms with E-state index in [0.29, 0.717) is 6.61 Å². The molecule has 0 saturated carbocycles. The van der Waals surface area contributed by atoms with Crippen LogP contribution in [0.15, 0.2) is 29.3 Å². The molecule has 0 heterocycles. The highest BCUT2D eigenvalue weighted by Gasteiger charge is 2.00. The minimum absolute atomic E-state index is 0.617. The number of ether oxygens (including phenoxy) is 1. The molecule has 0 unspecified atom stereocenters. The van der Waals surface area contributed by atoms with E-state index < -0.39 is 0 Å². The van der Waals surface area contributed by atoms with Crippen LogP contribution in [0.2, 0.25) is 0 Å². The lowest BCUT2D eigenvalue weighted by Crippen LogP contribution is -2.39. The predicted octanol–water partition coefficient (Wildman–Crippen LogP) is 2.66. The van der Waals surface area contributed by atoms with Crippen molar-refractivity contribution in [3.63, 3.8) is 0 Å². The highest BCUT2D eigenvalue weighted by molar-refractivity contribution is 5.79. The van der Waals surface area contributed by atoms with Crippen LogP contribution in [0.3, 0.4) is 0 Å². The summed E-state index contributed by atoms with van der Waals surface area (Å²) in [7, 11) is 1.80. The van der Waals surface area contributed by atoms with Gasteiger partial charge in [-0.2, -0.15) is 0 Å². The lowest BCUT2D eigenvalue weighted by molar-refractivity contribution is 0.297. The lowest BCUT2D eigenvalue weighted by atomic mass is 10.2. The van der Waals surface area contributed by atoms with Crippen molar-refractivity contribution in [2.75, 3.05) is 46.4 Å². The van der Waals surface area contributed by atoms with Crippen LogP contribution in [-0.4, -0.2) is 57.2 Å². The van der Waals surface area contributed by atoms with Gasteiger partial charge >= 0.3 is 0 Å². The zero-order valence-electron chi connectivity index (χ0n) is 15.8. The van der Waals surface area contributed by atoms with Crippen molar-refractivity contribution in [1.82, 2.24) is 15.5 Å². The maximum atomic E-state index is 5.70. The molecule has 0 saturated heterocycles. The average molecular weight is 335 g/mol. The van der Waals surface area contributed by atoms with Crippen LogP contribution in [0.5, 0.6) is 5.75 Å². The van der Waals surface area contributed by atoms with Crippen molar-refractivity contribution in [3.8, 4) is 5.75 Å². The summed E-state index contributed by atoms with van der Waals surface area (Å²) >= 11 is 0. The Kier molecular flexibility index (Phi) is 10.7. The standard InChI is InChI=1S/C19H34N4O/c1-5-23(6-2)15-8-7-13-21-19(20-4)22-14-16-24-18-11-9-17(3)10-12-18/h9-12H,5-8,13-16H2,1-4H3,(H2,20,21,22). The van der Waals surface area contributed by atoms with Crippen LogP contribution >= 0.6 is 0 Å². The molecule has 0 radical (unpaired) electrons. The lowest BCUT2D eigenvalue weighted by Gasteiger charge is -2.18. The first-order chi connectivity index (χ1) is 11.7. The third kappa shape index (κ3) is 8.77. The first-order valence-electron chi connectivity index (χ1n) is 9.05. The van der Waals surface area contributed by atoms with Crippen LogP contribution in [-0.2, 0) is 0 Å². The maximum absolute atomic E-state index is 5.70. The summed E-state index contributed by atoms with van der Waals surface area (Å²) in [5.41, 5.74) is 1.24. The second kappa shape index (κ2) is 12.6. The topological polar surface area (TPSA) is 48.9 Å². The minimum atomic E-state index is 0.617. The van der Waals surface area contributed by atoms with E-state index in [9.17, 15) is 0 Å². The highest BCUT2D eigenvalue weighted by atomic mass is 16.5. The van der Waals surface area contributed by atoms with Gasteiger partial charge in [0, 0.05) is 13.6 Å².